The molecule has 0 aliphatic heterocycles. The third-order valence-corrected chi connectivity index (χ3v) is 11.9. The van der Waals surface area contributed by atoms with E-state index in [4.69, 9.17) is 24.1 Å². The van der Waals surface area contributed by atoms with E-state index in [1.165, 1.54) is 14.2 Å². The summed E-state index contributed by atoms with van der Waals surface area (Å²) < 4.78 is 39.4. The molecule has 0 radical (unpaired) electrons. The summed E-state index contributed by atoms with van der Waals surface area (Å²) in [6, 6.07) is 28.3. The third-order valence-electron chi connectivity index (χ3n) is 10.7. The van der Waals surface area contributed by atoms with Crippen LogP contribution < -0.4 is 30.1 Å². The summed E-state index contributed by atoms with van der Waals surface area (Å²) in [6.07, 6.45) is 3.74. The van der Waals surface area contributed by atoms with Crippen LogP contribution in [0.5, 0.6) is 11.5 Å². The average molecular weight is 901 g/mol. The number of hydrogen-bond acceptors (Lipinski definition) is 10. The molecule has 6 N–H and O–H groups in total. The second-order valence-electron chi connectivity index (χ2n) is 15.0. The molecule has 0 saturated carbocycles. The fraction of sp³-hybridized carbons (Fsp3) is 0.208. The molecule has 0 aliphatic carbocycles. The van der Waals surface area contributed by atoms with Crippen LogP contribution in [0.1, 0.15) is 55.0 Å². The Hall–Kier alpha value is -7.63. The molecule has 5 aromatic carbocycles. The van der Waals surface area contributed by atoms with Crippen LogP contribution in [0.2, 0.25) is 0 Å². The van der Waals surface area contributed by atoms with Crippen molar-refractivity contribution >= 4 is 68.2 Å². The van der Waals surface area contributed by atoms with E-state index < -0.39 is 41.7 Å². The number of aromatic amines is 1. The van der Waals surface area contributed by atoms with Gasteiger partial charge in [-0.25, -0.2) is 13.8 Å². The lowest BCUT2D eigenvalue weighted by Crippen LogP contribution is -2.26. The van der Waals surface area contributed by atoms with Gasteiger partial charge in [0.05, 0.1) is 32.3 Å². The number of methoxy groups -OCH3 is 2. The van der Waals surface area contributed by atoms with Crippen LogP contribution >= 0.6 is 0 Å². The van der Waals surface area contributed by atoms with Crippen molar-refractivity contribution < 1.29 is 47.4 Å². The van der Waals surface area contributed by atoms with Crippen LogP contribution in [-0.2, 0) is 40.3 Å². The number of benzene rings is 5. The van der Waals surface area contributed by atoms with Gasteiger partial charge in [-0.2, -0.15) is 0 Å². The van der Waals surface area contributed by atoms with Crippen molar-refractivity contribution in [2.45, 2.75) is 31.1 Å². The van der Waals surface area contributed by atoms with Crippen molar-refractivity contribution in [1.82, 2.24) is 19.6 Å². The highest BCUT2D eigenvalue weighted by molar-refractivity contribution is 7.83. The van der Waals surface area contributed by atoms with E-state index >= 15 is 0 Å². The Bertz CT molecular complexity index is 2930. The first-order valence-electron chi connectivity index (χ1n) is 20.5. The molecular formula is C48H48N6O10S. The highest BCUT2D eigenvalue weighted by Crippen LogP contribution is 2.31. The summed E-state index contributed by atoms with van der Waals surface area (Å²) >= 11 is 0. The molecule has 0 fully saturated rings. The summed E-state index contributed by atoms with van der Waals surface area (Å²) in [4.78, 5) is 54.4. The SMILES string of the molecule is COc1cc(C(=O)NCO)ccc1Cc1c[nH]c2ccc(NC(=O)OCCCOC(=O)Nc3ccc4c(c3)c(Cc3ccc(C(=O)NS(=O)c5ccccc5C)cc3OC)cn4C)cc12. The van der Waals surface area contributed by atoms with Gasteiger partial charge in [0.15, 0.2) is 11.0 Å². The Morgan fingerprint density at radius 3 is 1.94 bits per heavy atom. The van der Waals surface area contributed by atoms with Crippen LogP contribution in [0.3, 0.4) is 0 Å². The number of aromatic nitrogens is 2. The van der Waals surface area contributed by atoms with E-state index in [1.807, 2.05) is 73.4 Å². The van der Waals surface area contributed by atoms with Gasteiger partial charge in [-0.3, -0.25) is 24.9 Å². The minimum absolute atomic E-state index is 0.00276. The first kappa shape index (κ1) is 45.4. The summed E-state index contributed by atoms with van der Waals surface area (Å²) in [6.45, 7) is 1.37. The summed E-state index contributed by atoms with van der Waals surface area (Å²) in [5, 5.41) is 18.7. The fourth-order valence-electron chi connectivity index (χ4n) is 7.40. The molecule has 7 rings (SSSR count). The number of aliphatic hydroxyl groups excluding tert-OH is 1. The van der Waals surface area contributed by atoms with E-state index in [9.17, 15) is 23.4 Å². The predicted octanol–water partition coefficient (Wildman–Crippen LogP) is 7.49. The Kier molecular flexibility index (Phi) is 14.5. The fourth-order valence-corrected chi connectivity index (χ4v) is 8.36. The lowest BCUT2D eigenvalue weighted by molar-refractivity contribution is 0.0908. The van der Waals surface area contributed by atoms with E-state index in [1.54, 1.807) is 54.6 Å². The molecule has 65 heavy (non-hydrogen) atoms. The Balaban J connectivity index is 0.889. The first-order valence-corrected chi connectivity index (χ1v) is 21.7. The molecule has 7 aromatic rings. The number of hydrogen-bond donors (Lipinski definition) is 6. The highest BCUT2D eigenvalue weighted by Gasteiger charge is 2.18. The zero-order chi connectivity index (χ0) is 46.0. The number of carbonyl (C=O) groups excluding carboxylic acids is 4. The van der Waals surface area contributed by atoms with E-state index in [0.29, 0.717) is 51.7 Å². The number of rotatable bonds is 17. The summed E-state index contributed by atoms with van der Waals surface area (Å²) in [5.41, 5.74) is 7.86. The number of nitrogens with one attached hydrogen (secondary N) is 5. The van der Waals surface area contributed by atoms with Crippen LogP contribution in [0.15, 0.2) is 114 Å². The van der Waals surface area contributed by atoms with Gasteiger partial charge >= 0.3 is 12.2 Å². The standard InChI is InChI=1S/C48H48N6O10S/c1-29-8-5-6-9-44(29)65(60)53-46(57)33-13-11-31(43(23-33)62-4)21-35-27-54(2)41-17-15-37(25-39(35)41)52-48(59)64-19-7-18-63-47(58)51-36-14-16-40-38(24-36)34(26-49-40)20-30-10-12-32(22-42(30)61-3)45(56)50-28-55/h5-6,8-17,22-27,49,55H,7,18-21,28H2,1-4H3,(H,50,56)(H,51,58)(H,52,59)(H,53,57). The Morgan fingerprint density at radius 2 is 1.31 bits per heavy atom. The lowest BCUT2D eigenvalue weighted by atomic mass is 10.0. The minimum Gasteiger partial charge on any atom is -0.496 e. The molecule has 0 bridgehead atoms. The molecule has 2 aromatic heterocycles. The number of aliphatic hydroxyl groups is 1. The number of H-pyrrole nitrogens is 1. The lowest BCUT2D eigenvalue weighted by Gasteiger charge is -2.12. The van der Waals surface area contributed by atoms with Crippen LogP contribution in [0, 0.1) is 6.92 Å². The van der Waals surface area contributed by atoms with Crippen LogP contribution in [0.25, 0.3) is 21.8 Å². The van der Waals surface area contributed by atoms with Gasteiger partial charge in [-0.05, 0) is 101 Å². The zero-order valence-electron chi connectivity index (χ0n) is 36.1. The van der Waals surface area contributed by atoms with Gasteiger partial charge in [0, 0.05) is 83.0 Å². The summed E-state index contributed by atoms with van der Waals surface area (Å²) in [7, 11) is 3.25. The number of nitrogens with zero attached hydrogens (tertiary/aromatic N) is 1. The molecule has 0 spiro atoms. The van der Waals surface area contributed by atoms with Gasteiger partial charge in [-0.15, -0.1) is 0 Å². The monoisotopic (exact) mass is 900 g/mol. The number of carbonyl (C=O) groups is 4. The molecule has 2 heterocycles. The molecule has 16 nitrogen and oxygen atoms in total. The number of anilines is 2. The van der Waals surface area contributed by atoms with Crippen LogP contribution in [-0.4, -0.2) is 77.0 Å². The topological polar surface area (TPSA) is 211 Å². The zero-order valence-corrected chi connectivity index (χ0v) is 36.9. The third kappa shape index (κ3) is 10.9. The van der Waals surface area contributed by atoms with E-state index in [0.717, 1.165) is 49.6 Å². The minimum atomic E-state index is -1.73. The maximum Gasteiger partial charge on any atom is 0.411 e. The maximum absolute atomic E-state index is 13.0. The molecule has 336 valence electrons. The van der Waals surface area contributed by atoms with Gasteiger partial charge < -0.3 is 38.9 Å². The van der Waals surface area contributed by atoms with Gasteiger partial charge in [0.2, 0.25) is 0 Å². The molecule has 4 amide bonds. The second kappa shape index (κ2) is 20.7. The van der Waals surface area contributed by atoms with E-state index in [2.05, 4.69) is 25.7 Å². The highest BCUT2D eigenvalue weighted by atomic mass is 32.2. The molecular weight excluding hydrogens is 853 g/mol. The van der Waals surface area contributed by atoms with Crippen molar-refractivity contribution in [3.8, 4) is 11.5 Å². The van der Waals surface area contributed by atoms with E-state index in [-0.39, 0.29) is 19.6 Å². The first-order chi connectivity index (χ1) is 31.4. The maximum atomic E-state index is 13.0. The predicted molar refractivity (Wildman–Crippen MR) is 247 cm³/mol. The normalized spacial score (nSPS) is 11.5. The largest absolute Gasteiger partial charge is 0.496 e. The number of fused-ring (bicyclic) bond motifs is 2. The summed E-state index contributed by atoms with van der Waals surface area (Å²) in [5.74, 6) is 0.105. The van der Waals surface area contributed by atoms with Gasteiger partial charge in [0.1, 0.15) is 18.2 Å². The Morgan fingerprint density at radius 1 is 0.708 bits per heavy atom. The van der Waals surface area contributed by atoms with Crippen molar-refractivity contribution in [3.63, 3.8) is 0 Å². The molecule has 1 atom stereocenters. The number of amides is 4. The molecule has 0 aliphatic rings. The quantitative estimate of drug-likeness (QED) is 0.0392. The molecule has 1 unspecified atom stereocenters. The smallest absolute Gasteiger partial charge is 0.411 e. The second-order valence-corrected chi connectivity index (χ2v) is 16.2. The molecule has 0 saturated heterocycles. The van der Waals surface area contributed by atoms with Crippen molar-refractivity contribution in [1.29, 1.82) is 0 Å². The average Bonchev–Trinajstić information content (AvgIpc) is 3.84. The Labute approximate surface area is 376 Å². The van der Waals surface area contributed by atoms with Gasteiger partial charge in [-0.1, -0.05) is 30.3 Å². The van der Waals surface area contributed by atoms with Crippen molar-refractivity contribution in [2.24, 2.45) is 7.05 Å². The van der Waals surface area contributed by atoms with Crippen LogP contribution in [0.4, 0.5) is 21.0 Å². The van der Waals surface area contributed by atoms with Crippen molar-refractivity contribution in [2.75, 3.05) is 44.8 Å². The number of ether oxygens (including phenoxy) is 4. The number of aryl methyl sites for hydroxylation is 2. The van der Waals surface area contributed by atoms with Crippen molar-refractivity contribution in [3.05, 3.63) is 148 Å². The van der Waals surface area contributed by atoms with Gasteiger partial charge in [0.25, 0.3) is 11.8 Å². The molecule has 17 heteroatoms.